The molecule has 0 aromatic heterocycles. The maximum atomic E-state index is 13.6. The molecule has 4 saturated heterocycles. The quantitative estimate of drug-likeness (QED) is 0.0960. The Labute approximate surface area is 442 Å². The fourth-order valence-corrected chi connectivity index (χ4v) is 15.4. The zero-order chi connectivity index (χ0) is 53.8. The first kappa shape index (κ1) is 57.2. The van der Waals surface area contributed by atoms with Crippen LogP contribution in [0.3, 0.4) is 0 Å². The minimum absolute atomic E-state index is 0.0749. The van der Waals surface area contributed by atoms with Crippen molar-refractivity contribution in [1.29, 1.82) is 0 Å². The molecule has 0 bridgehead atoms. The largest absolute Gasteiger partial charge is 0.458 e. The summed E-state index contributed by atoms with van der Waals surface area (Å²) in [7, 11) is 4.82. The molecule has 0 spiro atoms. The second-order valence-electron chi connectivity index (χ2n) is 23.7. The minimum Gasteiger partial charge on any atom is -0.458 e. The third-order valence-corrected chi connectivity index (χ3v) is 19.7. The summed E-state index contributed by atoms with van der Waals surface area (Å²) in [5.41, 5.74) is -3.86. The number of benzene rings is 1. The van der Waals surface area contributed by atoms with Crippen molar-refractivity contribution < 1.29 is 86.9 Å². The molecule has 25 atom stereocenters. The van der Waals surface area contributed by atoms with E-state index < -0.39 is 138 Å². The number of carbonyl (C=O) groups is 2. The van der Waals surface area contributed by atoms with E-state index in [2.05, 4.69) is 6.92 Å². The molecule has 0 radical (unpaired) electrons. The number of Topliss-reactive ketones (excluding diaryl/α,β-unsaturated/α-hetero) is 1. The van der Waals surface area contributed by atoms with Crippen molar-refractivity contribution in [2.45, 2.75) is 247 Å². The van der Waals surface area contributed by atoms with E-state index in [4.69, 9.17) is 56.8 Å². The summed E-state index contributed by atoms with van der Waals surface area (Å²) in [5, 5.41) is 47.7. The molecule has 422 valence electrons. The van der Waals surface area contributed by atoms with Gasteiger partial charge in [0.15, 0.2) is 25.2 Å². The molecule has 8 fully saturated rings. The van der Waals surface area contributed by atoms with Gasteiger partial charge in [0, 0.05) is 64.4 Å². The summed E-state index contributed by atoms with van der Waals surface area (Å²) < 4.78 is 75.1. The zero-order valence-electron chi connectivity index (χ0n) is 45.7. The standard InChI is InChI=1S/C57H86O18/c1-30(58)38-20-23-57(63)55(38,7)44(72-45(60)17-16-35-14-12-11-13-15-35)29-43-54(6)21-19-37(24-36(54)18-22-56(43,57)62)71-47-27-41(65-9)53(33(4)69-47)75-49-28-42(66-10)52(34(5)70-49)74-46-25-39(59)51(32(3)68-46)73-48-26-40(64-8)50(61)31(2)67-48/h11-17,31-34,36-44,46-53,59,61-63H,18-29H2,1-10H3. The summed E-state index contributed by atoms with van der Waals surface area (Å²) in [6.45, 7) is 13.0. The number of fused-ring (bicyclic) bond motifs is 5. The Kier molecular flexibility index (Phi) is 17.5. The molecular formula is C57H86O18. The highest BCUT2D eigenvalue weighted by Crippen LogP contribution is 2.71. The van der Waals surface area contributed by atoms with E-state index in [1.165, 1.54) is 20.1 Å². The molecule has 4 aliphatic carbocycles. The highest BCUT2D eigenvalue weighted by Gasteiger charge is 2.78. The first-order chi connectivity index (χ1) is 35.7. The number of ether oxygens (including phenoxy) is 12. The first-order valence-electron chi connectivity index (χ1n) is 27.7. The van der Waals surface area contributed by atoms with Crippen LogP contribution in [0.4, 0.5) is 0 Å². The summed E-state index contributed by atoms with van der Waals surface area (Å²) in [4.78, 5) is 26.9. The van der Waals surface area contributed by atoms with Crippen LogP contribution in [0.1, 0.15) is 131 Å². The number of rotatable bonds is 15. The van der Waals surface area contributed by atoms with Gasteiger partial charge in [-0.05, 0) is 115 Å². The summed E-state index contributed by atoms with van der Waals surface area (Å²) >= 11 is 0. The van der Waals surface area contributed by atoms with Gasteiger partial charge in [-0.15, -0.1) is 0 Å². The molecule has 1 aromatic rings. The maximum Gasteiger partial charge on any atom is 0.331 e. The Bertz CT molecular complexity index is 2120. The number of hydrogen-bond acceptors (Lipinski definition) is 18. The van der Waals surface area contributed by atoms with Gasteiger partial charge in [0.2, 0.25) is 0 Å². The lowest BCUT2D eigenvalue weighted by atomic mass is 9.40. The van der Waals surface area contributed by atoms with Crippen LogP contribution >= 0.6 is 0 Å². The molecule has 8 aliphatic rings. The number of hydrogen-bond donors (Lipinski definition) is 4. The fourth-order valence-electron chi connectivity index (χ4n) is 15.4. The summed E-state index contributed by atoms with van der Waals surface area (Å²) in [5.74, 6) is -1.44. The third-order valence-electron chi connectivity index (χ3n) is 19.7. The van der Waals surface area contributed by atoms with Crippen LogP contribution in [-0.2, 0) is 66.4 Å². The summed E-state index contributed by atoms with van der Waals surface area (Å²) in [6, 6.07) is 9.49. The van der Waals surface area contributed by atoms with Gasteiger partial charge in [0.05, 0.1) is 60.5 Å². The molecule has 25 unspecified atom stereocenters. The van der Waals surface area contributed by atoms with Gasteiger partial charge in [-0.2, -0.15) is 0 Å². The van der Waals surface area contributed by atoms with Crippen LogP contribution in [0.25, 0.3) is 6.08 Å². The minimum atomic E-state index is -1.64. The first-order valence-corrected chi connectivity index (χ1v) is 27.7. The Morgan fingerprint density at radius 3 is 1.77 bits per heavy atom. The van der Waals surface area contributed by atoms with E-state index in [-0.39, 0.29) is 36.8 Å². The highest BCUT2D eigenvalue weighted by atomic mass is 16.8. The van der Waals surface area contributed by atoms with E-state index in [9.17, 15) is 30.0 Å². The van der Waals surface area contributed by atoms with E-state index in [0.29, 0.717) is 51.4 Å². The lowest BCUT2D eigenvalue weighted by molar-refractivity contribution is -0.347. The second-order valence-corrected chi connectivity index (χ2v) is 23.7. The van der Waals surface area contributed by atoms with Crippen molar-refractivity contribution in [1.82, 2.24) is 0 Å². The molecule has 18 heteroatoms. The Balaban J connectivity index is 0.790. The zero-order valence-corrected chi connectivity index (χ0v) is 45.7. The molecule has 0 amide bonds. The van der Waals surface area contributed by atoms with Crippen LogP contribution in [0.15, 0.2) is 36.4 Å². The van der Waals surface area contributed by atoms with Crippen LogP contribution < -0.4 is 0 Å². The lowest BCUT2D eigenvalue weighted by Crippen LogP contribution is -2.76. The van der Waals surface area contributed by atoms with E-state index in [1.54, 1.807) is 27.2 Å². The van der Waals surface area contributed by atoms with Gasteiger partial charge >= 0.3 is 5.97 Å². The van der Waals surface area contributed by atoms with Gasteiger partial charge in [0.1, 0.15) is 41.9 Å². The SMILES string of the molecule is COC1CC(OC2C(O)CC(OC3C(C)OC(OC4C(C)OC(OC5CCC6(C)C(CCC7(O)C6CC(OC(=O)C=Cc6ccccc6)C6(C)C(C(C)=O)CCC76O)C5)CC4OC)CC3OC)OC2C)OC(C)C1O. The van der Waals surface area contributed by atoms with E-state index in [0.717, 1.165) is 18.4 Å². The van der Waals surface area contributed by atoms with Gasteiger partial charge < -0.3 is 77.3 Å². The van der Waals surface area contributed by atoms with E-state index in [1.807, 2.05) is 58.0 Å². The van der Waals surface area contributed by atoms with Crippen molar-refractivity contribution in [3.63, 3.8) is 0 Å². The van der Waals surface area contributed by atoms with Gasteiger partial charge in [-0.25, -0.2) is 4.79 Å². The maximum absolute atomic E-state index is 13.6. The predicted octanol–water partition coefficient (Wildman–Crippen LogP) is 5.55. The average molecular weight is 1060 g/mol. The molecule has 4 heterocycles. The number of methoxy groups -OCH3 is 3. The van der Waals surface area contributed by atoms with Crippen molar-refractivity contribution in [3.05, 3.63) is 42.0 Å². The number of aliphatic hydroxyl groups is 4. The van der Waals surface area contributed by atoms with Crippen LogP contribution in [-0.4, -0.2) is 175 Å². The smallest absolute Gasteiger partial charge is 0.331 e. The molecule has 4 N–H and O–H groups in total. The molecule has 18 nitrogen and oxygen atoms in total. The molecule has 4 saturated carbocycles. The number of ketones is 1. The van der Waals surface area contributed by atoms with Crippen molar-refractivity contribution in [2.75, 3.05) is 21.3 Å². The number of carbonyl (C=O) groups excluding carboxylic acids is 2. The number of aliphatic hydroxyl groups excluding tert-OH is 2. The summed E-state index contributed by atoms with van der Waals surface area (Å²) in [6.07, 6.45) is -1.68. The molecule has 75 heavy (non-hydrogen) atoms. The third kappa shape index (κ3) is 10.8. The molecule has 9 rings (SSSR count). The monoisotopic (exact) mass is 1060 g/mol. The Morgan fingerprint density at radius 2 is 1.19 bits per heavy atom. The van der Waals surface area contributed by atoms with Crippen molar-refractivity contribution in [2.24, 2.45) is 28.6 Å². The van der Waals surface area contributed by atoms with E-state index >= 15 is 0 Å². The lowest BCUT2D eigenvalue weighted by Gasteiger charge is -2.68. The molecular weight excluding hydrogens is 973 g/mol. The second kappa shape index (κ2) is 22.9. The van der Waals surface area contributed by atoms with Crippen LogP contribution in [0.2, 0.25) is 0 Å². The topological polar surface area (TPSA) is 226 Å². The Hall–Kier alpha value is -2.50. The molecule has 4 aliphatic heterocycles. The van der Waals surface area contributed by atoms with Crippen LogP contribution in [0.5, 0.6) is 0 Å². The highest BCUT2D eigenvalue weighted by molar-refractivity contribution is 5.87. The van der Waals surface area contributed by atoms with Crippen LogP contribution in [0, 0.1) is 28.6 Å². The average Bonchev–Trinajstić information content (AvgIpc) is 3.75. The normalized spacial score (nSPS) is 49.1. The molecule has 1 aromatic carbocycles. The Morgan fingerprint density at radius 1 is 0.640 bits per heavy atom. The van der Waals surface area contributed by atoms with Crippen molar-refractivity contribution in [3.8, 4) is 0 Å². The number of esters is 1. The predicted molar refractivity (Wildman–Crippen MR) is 269 cm³/mol. The fraction of sp³-hybridized carbons (Fsp3) is 0.825. The van der Waals surface area contributed by atoms with Gasteiger partial charge in [0.25, 0.3) is 0 Å². The van der Waals surface area contributed by atoms with Gasteiger partial charge in [-0.3, -0.25) is 4.79 Å². The van der Waals surface area contributed by atoms with Gasteiger partial charge in [-0.1, -0.05) is 44.2 Å². The van der Waals surface area contributed by atoms with Crippen molar-refractivity contribution >= 4 is 17.8 Å².